The molecule has 1 aromatic carbocycles. The fraction of sp³-hybridized carbons (Fsp3) is 0.158. The minimum atomic E-state index is -0.0230. The molecule has 0 fully saturated rings. The fourth-order valence-electron chi connectivity index (χ4n) is 2.85. The molecule has 8 nitrogen and oxygen atoms in total. The van der Waals surface area contributed by atoms with Crippen molar-refractivity contribution in [1.29, 1.82) is 0 Å². The molecular weight excluding hydrogens is 342 g/mol. The molecule has 0 radical (unpaired) electrons. The van der Waals surface area contributed by atoms with Crippen molar-refractivity contribution in [2.45, 2.75) is 0 Å². The van der Waals surface area contributed by atoms with Gasteiger partial charge >= 0.3 is 0 Å². The number of carbonyl (C=O) groups is 1. The summed E-state index contributed by atoms with van der Waals surface area (Å²) in [6, 6.07) is 11.4. The molecule has 3 heterocycles. The van der Waals surface area contributed by atoms with Crippen LogP contribution >= 0.6 is 0 Å². The van der Waals surface area contributed by atoms with Crippen LogP contribution in [0.3, 0.4) is 0 Å². The molecule has 3 aromatic heterocycles. The molecule has 0 unspecified atom stereocenters. The summed E-state index contributed by atoms with van der Waals surface area (Å²) in [5, 5.41) is 11.7. The molecule has 0 aliphatic heterocycles. The number of pyridine rings is 1. The molecule has 0 aliphatic carbocycles. The van der Waals surface area contributed by atoms with Crippen LogP contribution in [0.4, 0.5) is 11.6 Å². The van der Waals surface area contributed by atoms with E-state index < -0.39 is 0 Å². The predicted octanol–water partition coefficient (Wildman–Crippen LogP) is 2.58. The lowest BCUT2D eigenvalue weighted by Gasteiger charge is -2.10. The fourth-order valence-corrected chi connectivity index (χ4v) is 2.85. The van der Waals surface area contributed by atoms with Crippen molar-refractivity contribution in [3.63, 3.8) is 0 Å². The van der Waals surface area contributed by atoms with Crippen molar-refractivity contribution in [3.05, 3.63) is 60.6 Å². The zero-order valence-corrected chi connectivity index (χ0v) is 15.3. The standard InChI is InChI=1S/C19H19N7O/c1-24(2)18(27)14-8-6-13(7-9-14)16-5-4-10-26-17(16)22-19(23-26)21-15-11-20-25(3)12-15/h4-12H,1-3H3,(H,21,23). The van der Waals surface area contributed by atoms with E-state index in [9.17, 15) is 4.79 Å². The van der Waals surface area contributed by atoms with Crippen molar-refractivity contribution < 1.29 is 4.79 Å². The van der Waals surface area contributed by atoms with Crippen molar-refractivity contribution in [2.75, 3.05) is 19.4 Å². The topological polar surface area (TPSA) is 80.4 Å². The molecule has 136 valence electrons. The Labute approximate surface area is 156 Å². The SMILES string of the molecule is CN(C)C(=O)c1ccc(-c2cccn3nc(Nc4cnn(C)c4)nc23)cc1. The Morgan fingerprint density at radius 1 is 1.15 bits per heavy atom. The third-order valence-electron chi connectivity index (χ3n) is 4.17. The van der Waals surface area contributed by atoms with Gasteiger partial charge in [-0.15, -0.1) is 5.10 Å². The summed E-state index contributed by atoms with van der Waals surface area (Å²) >= 11 is 0. The maximum absolute atomic E-state index is 12.1. The van der Waals surface area contributed by atoms with Gasteiger partial charge in [0.15, 0.2) is 5.65 Å². The Morgan fingerprint density at radius 3 is 2.59 bits per heavy atom. The number of aryl methyl sites for hydroxylation is 1. The van der Waals surface area contributed by atoms with Gasteiger partial charge in [0.25, 0.3) is 5.91 Å². The Bertz CT molecular complexity index is 1110. The van der Waals surface area contributed by atoms with Gasteiger partial charge in [0.1, 0.15) is 0 Å². The van der Waals surface area contributed by atoms with Gasteiger partial charge < -0.3 is 10.2 Å². The van der Waals surface area contributed by atoms with Crippen LogP contribution in [0.2, 0.25) is 0 Å². The Hall–Kier alpha value is -3.68. The number of fused-ring (bicyclic) bond motifs is 1. The highest BCUT2D eigenvalue weighted by atomic mass is 16.2. The minimum Gasteiger partial charge on any atom is -0.345 e. The number of nitrogens with one attached hydrogen (secondary N) is 1. The van der Waals surface area contributed by atoms with Crippen LogP contribution < -0.4 is 5.32 Å². The lowest BCUT2D eigenvalue weighted by molar-refractivity contribution is 0.0827. The van der Waals surface area contributed by atoms with Crippen LogP contribution in [0, 0.1) is 0 Å². The lowest BCUT2D eigenvalue weighted by Crippen LogP contribution is -2.21. The molecule has 0 bridgehead atoms. The third-order valence-corrected chi connectivity index (χ3v) is 4.17. The van der Waals surface area contributed by atoms with Gasteiger partial charge in [-0.25, -0.2) is 4.52 Å². The molecule has 8 heteroatoms. The molecule has 0 spiro atoms. The predicted molar refractivity (Wildman–Crippen MR) is 103 cm³/mol. The normalized spacial score (nSPS) is 10.9. The lowest BCUT2D eigenvalue weighted by atomic mass is 10.0. The molecular formula is C19H19N7O. The van der Waals surface area contributed by atoms with Gasteiger partial charge in [-0.3, -0.25) is 9.48 Å². The highest BCUT2D eigenvalue weighted by Crippen LogP contribution is 2.25. The van der Waals surface area contributed by atoms with Crippen molar-refractivity contribution in [2.24, 2.45) is 7.05 Å². The van der Waals surface area contributed by atoms with Crippen LogP contribution in [0.25, 0.3) is 16.8 Å². The zero-order valence-electron chi connectivity index (χ0n) is 15.3. The highest BCUT2D eigenvalue weighted by Gasteiger charge is 2.12. The maximum atomic E-state index is 12.1. The first-order chi connectivity index (χ1) is 13.0. The molecule has 4 rings (SSSR count). The summed E-state index contributed by atoms with van der Waals surface area (Å²) in [7, 11) is 5.33. The second kappa shape index (κ2) is 6.56. The van der Waals surface area contributed by atoms with E-state index in [4.69, 9.17) is 0 Å². The minimum absolute atomic E-state index is 0.0230. The van der Waals surface area contributed by atoms with Crippen LogP contribution in [0.15, 0.2) is 55.0 Å². The van der Waals surface area contributed by atoms with E-state index in [1.165, 1.54) is 0 Å². The number of anilines is 2. The number of nitrogens with zero attached hydrogens (tertiary/aromatic N) is 6. The number of carbonyl (C=O) groups excluding carboxylic acids is 1. The van der Waals surface area contributed by atoms with Crippen LogP contribution in [-0.2, 0) is 7.05 Å². The monoisotopic (exact) mass is 361 g/mol. The van der Waals surface area contributed by atoms with Crippen LogP contribution in [0.1, 0.15) is 10.4 Å². The van der Waals surface area contributed by atoms with Gasteiger partial charge in [-0.05, 0) is 29.8 Å². The van der Waals surface area contributed by atoms with Crippen LogP contribution in [0.5, 0.6) is 0 Å². The van der Waals surface area contributed by atoms with Gasteiger partial charge in [0, 0.05) is 44.7 Å². The largest absolute Gasteiger partial charge is 0.345 e. The molecule has 0 aliphatic rings. The summed E-state index contributed by atoms with van der Waals surface area (Å²) in [5.74, 6) is 0.472. The number of hydrogen-bond acceptors (Lipinski definition) is 5. The first-order valence-electron chi connectivity index (χ1n) is 8.44. The smallest absolute Gasteiger partial charge is 0.253 e. The number of amides is 1. The molecule has 27 heavy (non-hydrogen) atoms. The van der Waals surface area contributed by atoms with Crippen molar-refractivity contribution >= 4 is 23.2 Å². The quantitative estimate of drug-likeness (QED) is 0.604. The first-order valence-corrected chi connectivity index (χ1v) is 8.44. The van der Waals surface area contributed by atoms with E-state index in [1.807, 2.05) is 55.8 Å². The van der Waals surface area contributed by atoms with Gasteiger partial charge in [0.05, 0.1) is 11.9 Å². The van der Waals surface area contributed by atoms with E-state index >= 15 is 0 Å². The third kappa shape index (κ3) is 3.24. The molecule has 1 amide bonds. The maximum Gasteiger partial charge on any atom is 0.253 e. The number of aromatic nitrogens is 5. The summed E-state index contributed by atoms with van der Waals surface area (Å²) in [5.41, 5.74) is 4.11. The average Bonchev–Trinajstić information content (AvgIpc) is 3.26. The van der Waals surface area contributed by atoms with Crippen LogP contribution in [-0.4, -0.2) is 49.3 Å². The van der Waals surface area contributed by atoms with Gasteiger partial charge in [-0.1, -0.05) is 12.1 Å². The Kier molecular flexibility index (Phi) is 4.08. The second-order valence-corrected chi connectivity index (χ2v) is 6.43. The van der Waals surface area contributed by atoms with Crippen molar-refractivity contribution in [3.8, 4) is 11.1 Å². The molecule has 1 N–H and O–H groups in total. The highest BCUT2D eigenvalue weighted by molar-refractivity contribution is 5.94. The molecule has 0 atom stereocenters. The Balaban J connectivity index is 1.68. The second-order valence-electron chi connectivity index (χ2n) is 6.43. The van der Waals surface area contributed by atoms with E-state index in [1.54, 1.807) is 34.4 Å². The summed E-state index contributed by atoms with van der Waals surface area (Å²) in [6.07, 6.45) is 5.42. The van der Waals surface area contributed by atoms with Gasteiger partial charge in [0.2, 0.25) is 5.95 Å². The van der Waals surface area contributed by atoms with Gasteiger partial charge in [-0.2, -0.15) is 10.1 Å². The average molecular weight is 361 g/mol. The van der Waals surface area contributed by atoms with E-state index in [2.05, 4.69) is 20.5 Å². The number of hydrogen-bond donors (Lipinski definition) is 1. The van der Waals surface area contributed by atoms with E-state index in [0.29, 0.717) is 11.5 Å². The van der Waals surface area contributed by atoms with E-state index in [-0.39, 0.29) is 5.91 Å². The van der Waals surface area contributed by atoms with Crippen molar-refractivity contribution in [1.82, 2.24) is 29.3 Å². The number of benzene rings is 1. The molecule has 4 aromatic rings. The summed E-state index contributed by atoms with van der Waals surface area (Å²) < 4.78 is 3.44. The molecule has 0 saturated carbocycles. The first kappa shape index (κ1) is 16.8. The summed E-state index contributed by atoms with van der Waals surface area (Å²) in [4.78, 5) is 18.2. The molecule has 0 saturated heterocycles. The summed E-state index contributed by atoms with van der Waals surface area (Å²) in [6.45, 7) is 0. The van der Waals surface area contributed by atoms with E-state index in [0.717, 1.165) is 22.5 Å². The number of rotatable bonds is 4. The Morgan fingerprint density at radius 2 is 1.93 bits per heavy atom. The zero-order chi connectivity index (χ0) is 19.0.